The summed E-state index contributed by atoms with van der Waals surface area (Å²) in [7, 11) is 1.70. The van der Waals surface area contributed by atoms with E-state index < -0.39 is 5.97 Å². The fourth-order valence-corrected chi connectivity index (χ4v) is 2.97. The fraction of sp³-hybridized carbons (Fsp3) is 0.579. The van der Waals surface area contributed by atoms with Crippen molar-refractivity contribution in [3.63, 3.8) is 0 Å². The summed E-state index contributed by atoms with van der Waals surface area (Å²) >= 11 is 11.7. The van der Waals surface area contributed by atoms with Gasteiger partial charge in [0.1, 0.15) is 6.61 Å². The number of alkyl halides is 2. The van der Waals surface area contributed by atoms with Crippen molar-refractivity contribution in [2.75, 3.05) is 56.5 Å². The van der Waals surface area contributed by atoms with E-state index in [1.807, 2.05) is 0 Å². The topological polar surface area (TPSA) is 75.9 Å². The van der Waals surface area contributed by atoms with Gasteiger partial charge in [0.2, 0.25) is 5.91 Å². The van der Waals surface area contributed by atoms with Gasteiger partial charge in [0.15, 0.2) is 0 Å². The van der Waals surface area contributed by atoms with Crippen LogP contribution in [-0.2, 0) is 20.7 Å². The Hall–Kier alpha value is -1.50. The number of carbonyl (C=O) groups excluding carboxylic acids is 2. The van der Waals surface area contributed by atoms with Gasteiger partial charge < -0.3 is 20.3 Å². The Bertz CT molecular complexity index is 564. The molecular formula is C19H29Cl2N3O3. The van der Waals surface area contributed by atoms with Crippen LogP contribution in [0.5, 0.6) is 0 Å². The highest BCUT2D eigenvalue weighted by Crippen LogP contribution is 2.17. The lowest BCUT2D eigenvalue weighted by Gasteiger charge is -2.23. The van der Waals surface area contributed by atoms with Crippen LogP contribution in [-0.4, -0.2) is 68.4 Å². The van der Waals surface area contributed by atoms with Crippen LogP contribution in [0.3, 0.4) is 0 Å². The number of benzene rings is 1. The molecule has 0 radical (unpaired) electrons. The van der Waals surface area contributed by atoms with Gasteiger partial charge in [-0.2, -0.15) is 0 Å². The molecule has 0 aliphatic rings. The van der Waals surface area contributed by atoms with Crippen LogP contribution in [0.15, 0.2) is 24.3 Å². The molecule has 0 aromatic heterocycles. The van der Waals surface area contributed by atoms with Crippen LogP contribution >= 0.6 is 23.2 Å². The van der Waals surface area contributed by atoms with Gasteiger partial charge >= 0.3 is 5.97 Å². The Kier molecular flexibility index (Phi) is 11.9. The molecule has 0 saturated heterocycles. The van der Waals surface area contributed by atoms with Crippen molar-refractivity contribution in [1.82, 2.24) is 4.90 Å². The number of nitrogens with zero attached hydrogens (tertiary/aromatic N) is 2. The molecule has 8 heteroatoms. The minimum Gasteiger partial charge on any atom is -0.463 e. The maximum absolute atomic E-state index is 12.1. The molecule has 0 atom stereocenters. The molecule has 0 heterocycles. The molecule has 0 bridgehead atoms. The van der Waals surface area contributed by atoms with Gasteiger partial charge in [0.25, 0.3) is 0 Å². The summed E-state index contributed by atoms with van der Waals surface area (Å²) in [5, 5.41) is 0. The zero-order valence-corrected chi connectivity index (χ0v) is 17.3. The van der Waals surface area contributed by atoms with E-state index in [4.69, 9.17) is 33.7 Å². The quantitative estimate of drug-likeness (QED) is 0.393. The second-order valence-electron chi connectivity index (χ2n) is 6.12. The third kappa shape index (κ3) is 9.31. The first-order valence-electron chi connectivity index (χ1n) is 9.07. The molecule has 1 aromatic carbocycles. The number of hydrogen-bond acceptors (Lipinski definition) is 5. The van der Waals surface area contributed by atoms with Crippen LogP contribution in [0, 0.1) is 0 Å². The Balaban J connectivity index is 2.36. The highest BCUT2D eigenvalue weighted by molar-refractivity contribution is 6.18. The number of hydrogen-bond donors (Lipinski definition) is 1. The largest absolute Gasteiger partial charge is 0.463 e. The molecule has 0 unspecified atom stereocenters. The zero-order chi connectivity index (χ0) is 20.1. The van der Waals surface area contributed by atoms with Crippen LogP contribution in [0.2, 0.25) is 0 Å². The van der Waals surface area contributed by atoms with Gasteiger partial charge in [-0.1, -0.05) is 12.1 Å². The molecular weight excluding hydrogens is 389 g/mol. The summed E-state index contributed by atoms with van der Waals surface area (Å²) in [5.74, 6) is 0.681. The van der Waals surface area contributed by atoms with E-state index in [-0.39, 0.29) is 19.1 Å². The van der Waals surface area contributed by atoms with Crippen LogP contribution < -0.4 is 10.6 Å². The average molecular weight is 418 g/mol. The molecule has 1 rings (SSSR count). The number of nitrogens with two attached hydrogens (primary N) is 1. The minimum atomic E-state index is -0.463. The van der Waals surface area contributed by atoms with Gasteiger partial charge in [-0.15, -0.1) is 23.2 Å². The van der Waals surface area contributed by atoms with E-state index in [9.17, 15) is 9.59 Å². The number of esters is 1. The van der Waals surface area contributed by atoms with Crippen molar-refractivity contribution in [3.05, 3.63) is 29.8 Å². The van der Waals surface area contributed by atoms with Crippen molar-refractivity contribution in [3.8, 4) is 0 Å². The third-order valence-electron chi connectivity index (χ3n) is 4.15. The second kappa shape index (κ2) is 13.6. The van der Waals surface area contributed by atoms with Gasteiger partial charge in [-0.25, -0.2) is 0 Å². The zero-order valence-electron chi connectivity index (χ0n) is 15.8. The number of amides is 1. The monoisotopic (exact) mass is 417 g/mol. The Morgan fingerprint density at radius 1 is 1.07 bits per heavy atom. The number of ether oxygens (including phenoxy) is 1. The highest BCUT2D eigenvalue weighted by Gasteiger charge is 2.10. The summed E-state index contributed by atoms with van der Waals surface area (Å²) < 4.78 is 4.87. The smallest absolute Gasteiger partial charge is 0.319 e. The molecule has 0 saturated carbocycles. The van der Waals surface area contributed by atoms with Gasteiger partial charge in [-0.05, 0) is 30.5 Å². The van der Waals surface area contributed by atoms with Gasteiger partial charge in [0, 0.05) is 44.0 Å². The molecule has 6 nitrogen and oxygen atoms in total. The van der Waals surface area contributed by atoms with Crippen LogP contribution in [0.4, 0.5) is 5.69 Å². The maximum atomic E-state index is 12.1. The Morgan fingerprint density at radius 2 is 1.70 bits per heavy atom. The first-order valence-corrected chi connectivity index (χ1v) is 10.1. The van der Waals surface area contributed by atoms with E-state index in [0.29, 0.717) is 24.7 Å². The summed E-state index contributed by atoms with van der Waals surface area (Å²) in [6.07, 6.45) is 2.04. The van der Waals surface area contributed by atoms with Crippen molar-refractivity contribution >= 4 is 40.8 Å². The van der Waals surface area contributed by atoms with Crippen LogP contribution in [0.25, 0.3) is 0 Å². The van der Waals surface area contributed by atoms with Crippen molar-refractivity contribution < 1.29 is 14.3 Å². The number of rotatable bonds is 13. The summed E-state index contributed by atoms with van der Waals surface area (Å²) in [6.45, 7) is 1.91. The first kappa shape index (κ1) is 23.5. The third-order valence-corrected chi connectivity index (χ3v) is 4.49. The number of likely N-dealkylation sites (N-methyl/N-ethyl adjacent to an activating group) is 1. The van der Waals surface area contributed by atoms with E-state index >= 15 is 0 Å². The molecule has 1 amide bonds. The minimum absolute atomic E-state index is 0.0332. The molecule has 0 aliphatic heterocycles. The fourth-order valence-electron chi connectivity index (χ4n) is 2.56. The molecule has 152 valence electrons. The lowest BCUT2D eigenvalue weighted by Crippen LogP contribution is -2.31. The molecule has 27 heavy (non-hydrogen) atoms. The molecule has 0 aliphatic carbocycles. The van der Waals surface area contributed by atoms with Gasteiger partial charge in [-0.3, -0.25) is 9.59 Å². The number of aryl methyl sites for hydroxylation is 1. The van der Waals surface area contributed by atoms with E-state index in [0.717, 1.165) is 31.6 Å². The predicted octanol–water partition coefficient (Wildman–Crippen LogP) is 2.25. The van der Waals surface area contributed by atoms with E-state index in [2.05, 4.69) is 29.2 Å². The maximum Gasteiger partial charge on any atom is 0.319 e. The van der Waals surface area contributed by atoms with Crippen molar-refractivity contribution in [1.29, 1.82) is 0 Å². The summed E-state index contributed by atoms with van der Waals surface area (Å²) in [5.41, 5.74) is 7.44. The first-order chi connectivity index (χ1) is 13.0. The Morgan fingerprint density at radius 3 is 2.26 bits per heavy atom. The lowest BCUT2D eigenvalue weighted by atomic mass is 10.1. The molecule has 2 N–H and O–H groups in total. The Labute approximate surface area is 171 Å². The summed E-state index contributed by atoms with van der Waals surface area (Å²) in [6, 6.07) is 8.28. The SMILES string of the molecule is CN(CCOC(=O)CN)C(=O)CCCc1ccc(N(CCCl)CCCl)cc1. The highest BCUT2D eigenvalue weighted by atomic mass is 35.5. The van der Waals surface area contributed by atoms with Gasteiger partial charge in [0.05, 0.1) is 13.1 Å². The predicted molar refractivity (Wildman–Crippen MR) is 111 cm³/mol. The number of halogens is 2. The second-order valence-corrected chi connectivity index (χ2v) is 6.88. The number of carbonyl (C=O) groups is 2. The van der Waals surface area contributed by atoms with Crippen molar-refractivity contribution in [2.24, 2.45) is 5.73 Å². The van der Waals surface area contributed by atoms with Crippen LogP contribution in [0.1, 0.15) is 18.4 Å². The molecule has 0 fully saturated rings. The van der Waals surface area contributed by atoms with E-state index in [1.165, 1.54) is 5.56 Å². The number of anilines is 1. The normalized spacial score (nSPS) is 10.5. The summed E-state index contributed by atoms with van der Waals surface area (Å²) in [4.78, 5) is 26.8. The van der Waals surface area contributed by atoms with E-state index in [1.54, 1.807) is 11.9 Å². The molecule has 1 aromatic rings. The average Bonchev–Trinajstić information content (AvgIpc) is 2.68. The van der Waals surface area contributed by atoms with Crippen molar-refractivity contribution in [2.45, 2.75) is 19.3 Å². The lowest BCUT2D eigenvalue weighted by molar-refractivity contribution is -0.144. The standard InChI is InChI=1S/C19H29Cl2N3O3/c1-23(13-14-27-19(26)15-22)18(25)4-2-3-16-5-7-17(8-6-16)24(11-9-20)12-10-21/h5-8H,2-4,9-15,22H2,1H3. The molecule has 0 spiro atoms.